The molecule has 5 heteroatoms. The smallest absolute Gasteiger partial charge is 0.328 e. The van der Waals surface area contributed by atoms with E-state index in [0.717, 1.165) is 24.4 Å². The molecule has 0 aliphatic rings. The minimum Gasteiger partial charge on any atom is -0.478 e. The lowest BCUT2D eigenvalue weighted by atomic mass is 10.4. The summed E-state index contributed by atoms with van der Waals surface area (Å²) in [5, 5.41) is 15.6. The number of allylic oxidation sites excluding steroid dienone is 2. The molecular formula is C12H18O5. The summed E-state index contributed by atoms with van der Waals surface area (Å²) in [7, 11) is 0. The molecule has 0 fully saturated rings. The number of rotatable bonds is 6. The van der Waals surface area contributed by atoms with Crippen molar-refractivity contribution in [2.24, 2.45) is 0 Å². The average molecular weight is 242 g/mol. The van der Waals surface area contributed by atoms with E-state index in [4.69, 9.17) is 14.9 Å². The van der Waals surface area contributed by atoms with Crippen LogP contribution in [0.1, 0.15) is 26.7 Å². The highest BCUT2D eigenvalue weighted by molar-refractivity contribution is 5.89. The number of aliphatic carboxylic acids is 2. The van der Waals surface area contributed by atoms with Crippen molar-refractivity contribution in [3.63, 3.8) is 0 Å². The second-order valence-corrected chi connectivity index (χ2v) is 2.90. The number of carbonyl (C=O) groups is 2. The van der Waals surface area contributed by atoms with Crippen molar-refractivity contribution in [1.29, 1.82) is 0 Å². The lowest BCUT2D eigenvalue weighted by molar-refractivity contribution is -0.134. The Labute approximate surface area is 101 Å². The standard InChI is InChI=1S/C8H14O.C4H4O4/c1-5-7(3)9-8(4)6-2;5-3(6)1-2-4(7)8/h3-6H2,1-2H3;1-2H,(H,5,6)(H,7,8)/b;2-1-. The first-order valence-electron chi connectivity index (χ1n) is 5.00. The largest absolute Gasteiger partial charge is 0.478 e. The monoisotopic (exact) mass is 242 g/mol. The van der Waals surface area contributed by atoms with Crippen LogP contribution in [-0.2, 0) is 14.3 Å². The lowest BCUT2D eigenvalue weighted by Gasteiger charge is -2.05. The van der Waals surface area contributed by atoms with Crippen LogP contribution in [0.2, 0.25) is 0 Å². The van der Waals surface area contributed by atoms with E-state index in [1.807, 2.05) is 13.8 Å². The fourth-order valence-corrected chi connectivity index (χ4v) is 0.491. The molecule has 0 aliphatic heterocycles. The van der Waals surface area contributed by atoms with Crippen LogP contribution in [0.5, 0.6) is 0 Å². The minimum absolute atomic E-state index is 0.558. The first kappa shape index (κ1) is 17.4. The van der Waals surface area contributed by atoms with E-state index in [9.17, 15) is 9.59 Å². The zero-order chi connectivity index (χ0) is 13.8. The molecule has 0 aromatic rings. The topological polar surface area (TPSA) is 83.8 Å². The molecule has 0 spiro atoms. The van der Waals surface area contributed by atoms with Gasteiger partial charge >= 0.3 is 11.9 Å². The molecule has 0 aliphatic carbocycles. The second-order valence-electron chi connectivity index (χ2n) is 2.90. The summed E-state index contributed by atoms with van der Waals surface area (Å²) in [6, 6.07) is 0. The van der Waals surface area contributed by atoms with Crippen molar-refractivity contribution in [3.05, 3.63) is 36.8 Å². The highest BCUT2D eigenvalue weighted by Gasteiger charge is 1.91. The summed E-state index contributed by atoms with van der Waals surface area (Å²) in [5.74, 6) is -0.927. The van der Waals surface area contributed by atoms with Gasteiger partial charge < -0.3 is 14.9 Å². The Morgan fingerprint density at radius 3 is 1.47 bits per heavy atom. The van der Waals surface area contributed by atoms with E-state index in [1.54, 1.807) is 0 Å². The van der Waals surface area contributed by atoms with Gasteiger partial charge in [0.1, 0.15) is 0 Å². The van der Waals surface area contributed by atoms with Crippen LogP contribution in [0.15, 0.2) is 36.8 Å². The van der Waals surface area contributed by atoms with Crippen LogP contribution in [0, 0.1) is 0 Å². The molecule has 5 nitrogen and oxygen atoms in total. The van der Waals surface area contributed by atoms with Crippen molar-refractivity contribution in [2.75, 3.05) is 0 Å². The third kappa shape index (κ3) is 16.6. The third-order valence-electron chi connectivity index (χ3n) is 1.45. The van der Waals surface area contributed by atoms with Crippen molar-refractivity contribution in [3.8, 4) is 0 Å². The highest BCUT2D eigenvalue weighted by Crippen LogP contribution is 2.07. The summed E-state index contributed by atoms with van der Waals surface area (Å²) in [6.07, 6.45) is 2.84. The summed E-state index contributed by atoms with van der Waals surface area (Å²) in [4.78, 5) is 19.1. The molecule has 96 valence electrons. The summed E-state index contributed by atoms with van der Waals surface area (Å²) in [6.45, 7) is 11.4. The molecule has 0 amide bonds. The van der Waals surface area contributed by atoms with Crippen molar-refractivity contribution in [1.82, 2.24) is 0 Å². The van der Waals surface area contributed by atoms with Gasteiger partial charge in [-0.15, -0.1) is 0 Å². The maximum Gasteiger partial charge on any atom is 0.328 e. The molecule has 17 heavy (non-hydrogen) atoms. The number of hydrogen-bond acceptors (Lipinski definition) is 3. The first-order valence-corrected chi connectivity index (χ1v) is 5.00. The van der Waals surface area contributed by atoms with Gasteiger partial charge in [0, 0.05) is 25.0 Å². The van der Waals surface area contributed by atoms with E-state index >= 15 is 0 Å². The number of hydrogen-bond donors (Lipinski definition) is 2. The Bertz CT molecular complexity index is 285. The van der Waals surface area contributed by atoms with Crippen LogP contribution >= 0.6 is 0 Å². The molecule has 2 N–H and O–H groups in total. The Kier molecular flexibility index (Phi) is 10.7. The van der Waals surface area contributed by atoms with Gasteiger partial charge in [0.05, 0.1) is 11.5 Å². The number of carboxylic acid groups (broad SMARTS) is 2. The van der Waals surface area contributed by atoms with Gasteiger partial charge in [-0.2, -0.15) is 0 Å². The van der Waals surface area contributed by atoms with E-state index in [-0.39, 0.29) is 0 Å². The van der Waals surface area contributed by atoms with Gasteiger partial charge in [0.15, 0.2) is 0 Å². The van der Waals surface area contributed by atoms with Crippen molar-refractivity contribution in [2.45, 2.75) is 26.7 Å². The Balaban J connectivity index is 0. The average Bonchev–Trinajstić information content (AvgIpc) is 2.26. The molecule has 0 radical (unpaired) electrons. The summed E-state index contributed by atoms with van der Waals surface area (Å²) in [5.41, 5.74) is 0. The van der Waals surface area contributed by atoms with Crippen LogP contribution < -0.4 is 0 Å². The van der Waals surface area contributed by atoms with Crippen LogP contribution in [0.25, 0.3) is 0 Å². The van der Waals surface area contributed by atoms with Gasteiger partial charge in [0.2, 0.25) is 0 Å². The SMILES string of the molecule is C=C(CC)OC(=C)CC.O=C(O)/C=C\C(=O)O. The van der Waals surface area contributed by atoms with Gasteiger partial charge in [-0.05, 0) is 0 Å². The van der Waals surface area contributed by atoms with Gasteiger partial charge in [-0.25, -0.2) is 9.59 Å². The zero-order valence-electron chi connectivity index (χ0n) is 10.1. The molecule has 0 unspecified atom stereocenters. The summed E-state index contributed by atoms with van der Waals surface area (Å²) < 4.78 is 5.16. The fourth-order valence-electron chi connectivity index (χ4n) is 0.491. The van der Waals surface area contributed by atoms with Gasteiger partial charge in [-0.1, -0.05) is 27.0 Å². The molecule has 0 saturated heterocycles. The molecule has 0 aromatic carbocycles. The Hall–Kier alpha value is -2.04. The normalized spacial score (nSPS) is 9.06. The minimum atomic E-state index is -1.26. The molecule has 0 atom stereocenters. The molecule has 0 rings (SSSR count). The molecule has 0 saturated carbocycles. The molecule has 0 heterocycles. The van der Waals surface area contributed by atoms with Gasteiger partial charge in [0.25, 0.3) is 0 Å². The highest BCUT2D eigenvalue weighted by atomic mass is 16.5. The maximum atomic E-state index is 9.55. The Morgan fingerprint density at radius 2 is 1.29 bits per heavy atom. The van der Waals surface area contributed by atoms with E-state index in [0.29, 0.717) is 12.2 Å². The molecule has 0 aromatic heterocycles. The predicted molar refractivity (Wildman–Crippen MR) is 64.4 cm³/mol. The maximum absolute atomic E-state index is 9.55. The van der Waals surface area contributed by atoms with E-state index in [2.05, 4.69) is 13.2 Å². The second kappa shape index (κ2) is 10.5. The number of carboxylic acids is 2. The fraction of sp³-hybridized carbons (Fsp3) is 0.333. The molecular weight excluding hydrogens is 224 g/mol. The number of ether oxygens (including phenoxy) is 1. The molecule has 0 bridgehead atoms. The lowest BCUT2D eigenvalue weighted by Crippen LogP contribution is -1.91. The van der Waals surface area contributed by atoms with Crippen LogP contribution in [0.3, 0.4) is 0 Å². The predicted octanol–water partition coefficient (Wildman–Crippen LogP) is 2.56. The quantitative estimate of drug-likeness (QED) is 0.552. The first-order chi connectivity index (χ1) is 7.83. The zero-order valence-corrected chi connectivity index (χ0v) is 10.1. The van der Waals surface area contributed by atoms with E-state index in [1.165, 1.54) is 0 Å². The van der Waals surface area contributed by atoms with Crippen molar-refractivity contribution < 1.29 is 24.5 Å². The Morgan fingerprint density at radius 1 is 1.00 bits per heavy atom. The summed E-state index contributed by atoms with van der Waals surface area (Å²) >= 11 is 0. The van der Waals surface area contributed by atoms with Crippen molar-refractivity contribution >= 4 is 11.9 Å². The van der Waals surface area contributed by atoms with E-state index < -0.39 is 11.9 Å². The van der Waals surface area contributed by atoms with Crippen LogP contribution in [-0.4, -0.2) is 22.2 Å². The third-order valence-corrected chi connectivity index (χ3v) is 1.45. The van der Waals surface area contributed by atoms with Gasteiger partial charge in [-0.3, -0.25) is 0 Å². The van der Waals surface area contributed by atoms with Crippen LogP contribution in [0.4, 0.5) is 0 Å².